The third-order valence-corrected chi connectivity index (χ3v) is 1.96. The van der Waals surface area contributed by atoms with E-state index in [-0.39, 0.29) is 0 Å². The van der Waals surface area contributed by atoms with Gasteiger partial charge in [0, 0.05) is 12.5 Å². The number of rotatable bonds is 3. The lowest BCUT2D eigenvalue weighted by Crippen LogP contribution is -2.03. The third-order valence-electron chi connectivity index (χ3n) is 1.96. The van der Waals surface area contributed by atoms with Crippen molar-refractivity contribution in [2.75, 3.05) is 13.7 Å². The Morgan fingerprint density at radius 2 is 2.29 bits per heavy atom. The molecule has 0 radical (unpaired) electrons. The number of imidazole rings is 1. The van der Waals surface area contributed by atoms with E-state index in [1.165, 1.54) is 0 Å². The van der Waals surface area contributed by atoms with Gasteiger partial charge in [-0.15, -0.1) is 0 Å². The van der Waals surface area contributed by atoms with Gasteiger partial charge in [-0.3, -0.25) is 0 Å². The van der Waals surface area contributed by atoms with Gasteiger partial charge in [0.15, 0.2) is 5.65 Å². The van der Waals surface area contributed by atoms with Crippen molar-refractivity contribution in [3.05, 3.63) is 18.0 Å². The van der Waals surface area contributed by atoms with Gasteiger partial charge in [0.2, 0.25) is 5.88 Å². The molecule has 2 aromatic heterocycles. The van der Waals surface area contributed by atoms with Crippen molar-refractivity contribution in [3.63, 3.8) is 0 Å². The first-order chi connectivity index (χ1) is 6.83. The van der Waals surface area contributed by atoms with Gasteiger partial charge in [-0.25, -0.2) is 4.98 Å². The van der Waals surface area contributed by atoms with E-state index in [2.05, 4.69) is 15.0 Å². The molecule has 74 valence electrons. The second kappa shape index (κ2) is 3.63. The van der Waals surface area contributed by atoms with Gasteiger partial charge >= 0.3 is 0 Å². The summed E-state index contributed by atoms with van der Waals surface area (Å²) in [5.41, 5.74) is 7.02. The Bertz CT molecular complexity index is 437. The van der Waals surface area contributed by atoms with Crippen LogP contribution in [0, 0.1) is 0 Å². The first kappa shape index (κ1) is 8.96. The molecule has 0 saturated carbocycles. The van der Waals surface area contributed by atoms with Crippen LogP contribution in [-0.4, -0.2) is 28.6 Å². The molecule has 0 atom stereocenters. The van der Waals surface area contributed by atoms with E-state index in [0.717, 1.165) is 17.8 Å². The number of ether oxygens (including phenoxy) is 1. The molecule has 14 heavy (non-hydrogen) atoms. The van der Waals surface area contributed by atoms with Crippen LogP contribution in [0.25, 0.3) is 11.2 Å². The van der Waals surface area contributed by atoms with Crippen LogP contribution in [0.5, 0.6) is 5.88 Å². The molecule has 5 nitrogen and oxygen atoms in total. The molecule has 0 unspecified atom stereocenters. The number of pyridine rings is 1. The van der Waals surface area contributed by atoms with Crippen LogP contribution in [0.2, 0.25) is 0 Å². The summed E-state index contributed by atoms with van der Waals surface area (Å²) in [6.07, 6.45) is 0.735. The maximum atomic E-state index is 5.43. The average molecular weight is 192 g/mol. The van der Waals surface area contributed by atoms with Gasteiger partial charge in [0.25, 0.3) is 0 Å². The normalized spacial score (nSPS) is 10.7. The van der Waals surface area contributed by atoms with Crippen LogP contribution in [0.15, 0.2) is 12.1 Å². The molecule has 2 rings (SSSR count). The Balaban J connectivity index is 2.43. The Morgan fingerprint density at radius 1 is 1.43 bits per heavy atom. The third kappa shape index (κ3) is 1.54. The maximum absolute atomic E-state index is 5.43. The number of methoxy groups -OCH3 is 1. The summed E-state index contributed by atoms with van der Waals surface area (Å²) < 4.78 is 5.00. The smallest absolute Gasteiger partial charge is 0.215 e. The summed E-state index contributed by atoms with van der Waals surface area (Å²) >= 11 is 0. The first-order valence-electron chi connectivity index (χ1n) is 4.43. The van der Waals surface area contributed by atoms with Crippen molar-refractivity contribution in [2.24, 2.45) is 5.73 Å². The van der Waals surface area contributed by atoms with Crippen molar-refractivity contribution in [1.82, 2.24) is 15.0 Å². The average Bonchev–Trinajstić information content (AvgIpc) is 2.59. The number of nitrogens with one attached hydrogen (secondary N) is 1. The summed E-state index contributed by atoms with van der Waals surface area (Å²) in [6, 6.07) is 3.70. The minimum absolute atomic E-state index is 0.572. The number of fused-ring (bicyclic) bond motifs is 1. The zero-order chi connectivity index (χ0) is 9.97. The molecular weight excluding hydrogens is 180 g/mol. The molecule has 0 spiro atoms. The van der Waals surface area contributed by atoms with Gasteiger partial charge in [-0.1, -0.05) is 0 Å². The van der Waals surface area contributed by atoms with Crippen molar-refractivity contribution < 1.29 is 4.74 Å². The lowest BCUT2D eigenvalue weighted by atomic mass is 10.4. The van der Waals surface area contributed by atoms with Gasteiger partial charge in [-0.2, -0.15) is 4.98 Å². The van der Waals surface area contributed by atoms with Crippen molar-refractivity contribution >= 4 is 11.2 Å². The number of nitrogens with two attached hydrogens (primary N) is 1. The summed E-state index contributed by atoms with van der Waals surface area (Å²) in [4.78, 5) is 11.6. The Morgan fingerprint density at radius 3 is 3.00 bits per heavy atom. The molecule has 0 aromatic carbocycles. The Kier molecular flexibility index (Phi) is 2.32. The number of H-pyrrole nitrogens is 1. The van der Waals surface area contributed by atoms with Crippen LogP contribution in [0.3, 0.4) is 0 Å². The molecule has 0 aliphatic heterocycles. The summed E-state index contributed by atoms with van der Waals surface area (Å²) in [5, 5.41) is 0. The van der Waals surface area contributed by atoms with Crippen LogP contribution in [-0.2, 0) is 6.42 Å². The predicted molar refractivity (Wildman–Crippen MR) is 53.2 cm³/mol. The summed E-state index contributed by atoms with van der Waals surface area (Å²) in [7, 11) is 1.58. The molecule has 0 fully saturated rings. The van der Waals surface area contributed by atoms with E-state index in [0.29, 0.717) is 18.1 Å². The second-order valence-corrected chi connectivity index (χ2v) is 2.95. The van der Waals surface area contributed by atoms with Gasteiger partial charge in [0.1, 0.15) is 5.82 Å². The van der Waals surface area contributed by atoms with Gasteiger partial charge < -0.3 is 15.5 Å². The van der Waals surface area contributed by atoms with Crippen LogP contribution < -0.4 is 10.5 Å². The number of hydrogen-bond donors (Lipinski definition) is 2. The second-order valence-electron chi connectivity index (χ2n) is 2.95. The fourth-order valence-electron chi connectivity index (χ4n) is 1.29. The fourth-order valence-corrected chi connectivity index (χ4v) is 1.29. The number of aromatic amines is 1. The summed E-state index contributed by atoms with van der Waals surface area (Å²) in [6.45, 7) is 0.580. The molecule has 0 amide bonds. The Labute approximate surface area is 81.3 Å². The number of hydrogen-bond acceptors (Lipinski definition) is 4. The van der Waals surface area contributed by atoms with Crippen molar-refractivity contribution in [1.29, 1.82) is 0 Å². The highest BCUT2D eigenvalue weighted by molar-refractivity contribution is 5.71. The van der Waals surface area contributed by atoms with E-state index in [1.54, 1.807) is 13.2 Å². The molecule has 0 aliphatic rings. The SMILES string of the molecule is COc1ccc2[nH]c(CCN)nc2n1. The lowest BCUT2D eigenvalue weighted by molar-refractivity contribution is 0.399. The fraction of sp³-hybridized carbons (Fsp3) is 0.333. The number of nitrogens with zero attached hydrogens (tertiary/aromatic N) is 2. The minimum Gasteiger partial charge on any atom is -0.481 e. The highest BCUT2D eigenvalue weighted by Gasteiger charge is 2.04. The largest absolute Gasteiger partial charge is 0.481 e. The maximum Gasteiger partial charge on any atom is 0.215 e. The molecule has 0 aliphatic carbocycles. The lowest BCUT2D eigenvalue weighted by Gasteiger charge is -1.95. The van der Waals surface area contributed by atoms with E-state index < -0.39 is 0 Å². The first-order valence-corrected chi connectivity index (χ1v) is 4.43. The predicted octanol–water partition coefficient (Wildman–Crippen LogP) is 0.468. The minimum atomic E-state index is 0.572. The topological polar surface area (TPSA) is 76.8 Å². The van der Waals surface area contributed by atoms with E-state index in [4.69, 9.17) is 10.5 Å². The molecular formula is C9H12N4O. The molecule has 0 bridgehead atoms. The molecule has 2 heterocycles. The molecule has 0 saturated heterocycles. The van der Waals surface area contributed by atoms with E-state index >= 15 is 0 Å². The van der Waals surface area contributed by atoms with Gasteiger partial charge in [0.05, 0.1) is 12.6 Å². The molecule has 5 heteroatoms. The highest BCUT2D eigenvalue weighted by Crippen LogP contribution is 2.13. The van der Waals surface area contributed by atoms with E-state index in [1.807, 2.05) is 6.07 Å². The molecule has 3 N–H and O–H groups in total. The highest BCUT2D eigenvalue weighted by atomic mass is 16.5. The van der Waals surface area contributed by atoms with Crippen LogP contribution in [0.1, 0.15) is 5.82 Å². The summed E-state index contributed by atoms with van der Waals surface area (Å²) in [5.74, 6) is 1.44. The van der Waals surface area contributed by atoms with Crippen molar-refractivity contribution in [3.8, 4) is 5.88 Å². The number of aromatic nitrogens is 3. The standard InChI is InChI=1S/C9H12N4O/c1-14-8-3-2-6-9(13-8)12-7(11-6)4-5-10/h2-3H,4-5,10H2,1H3,(H,11,12,13). The van der Waals surface area contributed by atoms with Gasteiger partial charge in [-0.05, 0) is 12.6 Å². The quantitative estimate of drug-likeness (QED) is 0.741. The zero-order valence-corrected chi connectivity index (χ0v) is 7.95. The van der Waals surface area contributed by atoms with E-state index in [9.17, 15) is 0 Å². The zero-order valence-electron chi connectivity index (χ0n) is 7.95. The van der Waals surface area contributed by atoms with Crippen LogP contribution in [0.4, 0.5) is 0 Å². The monoisotopic (exact) mass is 192 g/mol. The molecule has 2 aromatic rings. The Hall–Kier alpha value is -1.62. The van der Waals surface area contributed by atoms with Crippen LogP contribution >= 0.6 is 0 Å². The van der Waals surface area contributed by atoms with Crippen molar-refractivity contribution in [2.45, 2.75) is 6.42 Å².